The zero-order chi connectivity index (χ0) is 11.4. The fourth-order valence-electron chi connectivity index (χ4n) is 1.57. The van der Waals surface area contributed by atoms with Crippen molar-refractivity contribution in [1.29, 1.82) is 0 Å². The Kier molecular flexibility index (Phi) is 3.37. The Balaban J connectivity index is 2.36. The van der Waals surface area contributed by atoms with Gasteiger partial charge in [-0.25, -0.2) is 8.42 Å². The normalized spacial score (nSPS) is 10.6. The average molecular weight is 231 g/mol. The van der Waals surface area contributed by atoms with Crippen molar-refractivity contribution in [3.8, 4) is 11.1 Å². The van der Waals surface area contributed by atoms with Gasteiger partial charge in [-0.3, -0.25) is 0 Å². The zero-order valence-electron chi connectivity index (χ0n) is 8.59. The van der Waals surface area contributed by atoms with E-state index in [0.717, 1.165) is 16.7 Å². The van der Waals surface area contributed by atoms with Crippen LogP contribution in [0.15, 0.2) is 48.5 Å². The molecule has 2 nitrogen and oxygen atoms in total. The van der Waals surface area contributed by atoms with Crippen molar-refractivity contribution in [2.24, 2.45) is 0 Å². The monoisotopic (exact) mass is 231 g/mol. The Morgan fingerprint density at radius 1 is 1.06 bits per heavy atom. The summed E-state index contributed by atoms with van der Waals surface area (Å²) in [6.45, 7) is 0. The van der Waals surface area contributed by atoms with E-state index in [2.05, 4.69) is 6.07 Å². The average Bonchev–Trinajstić information content (AvgIpc) is 2.30. The molecule has 2 aromatic carbocycles. The van der Waals surface area contributed by atoms with Gasteiger partial charge < -0.3 is 0 Å². The van der Waals surface area contributed by atoms with Gasteiger partial charge in [0.25, 0.3) is 0 Å². The van der Waals surface area contributed by atoms with E-state index in [1.807, 2.05) is 48.5 Å². The smallest absolute Gasteiger partial charge is 0.144 e. The van der Waals surface area contributed by atoms with Crippen molar-refractivity contribution < 1.29 is 8.42 Å². The Bertz CT molecular complexity index is 537. The van der Waals surface area contributed by atoms with Crippen LogP contribution in [0.1, 0.15) is 5.56 Å². The van der Waals surface area contributed by atoms with Gasteiger partial charge in [0.05, 0.1) is 5.75 Å². The fourth-order valence-corrected chi connectivity index (χ4v) is 2.07. The Labute approximate surface area is 96.5 Å². The van der Waals surface area contributed by atoms with Crippen molar-refractivity contribution in [2.45, 2.75) is 5.75 Å². The third-order valence-corrected chi connectivity index (χ3v) is 2.90. The van der Waals surface area contributed by atoms with Gasteiger partial charge in [-0.05, 0) is 28.8 Å². The number of thiol groups is 1. The van der Waals surface area contributed by atoms with Crippen LogP contribution in [-0.4, -0.2) is 8.42 Å². The van der Waals surface area contributed by atoms with Crippen molar-refractivity contribution >= 4 is 10.7 Å². The summed E-state index contributed by atoms with van der Waals surface area (Å²) in [7, 11) is -2.37. The molecule has 0 N–H and O–H groups in total. The van der Waals surface area contributed by atoms with E-state index >= 15 is 0 Å². The summed E-state index contributed by atoms with van der Waals surface area (Å²) in [5.41, 5.74) is 2.88. The van der Waals surface area contributed by atoms with E-state index in [1.54, 1.807) is 0 Å². The molecule has 81 valence electrons. The van der Waals surface area contributed by atoms with E-state index < -0.39 is 10.7 Å². The minimum atomic E-state index is -2.37. The predicted molar refractivity (Wildman–Crippen MR) is 64.7 cm³/mol. The number of hydrogen-bond acceptors (Lipinski definition) is 2. The highest BCUT2D eigenvalue weighted by atomic mass is 32.2. The van der Waals surface area contributed by atoms with E-state index in [0.29, 0.717) is 0 Å². The van der Waals surface area contributed by atoms with Gasteiger partial charge in [0, 0.05) is 0 Å². The molecular weight excluding hydrogens is 220 g/mol. The van der Waals surface area contributed by atoms with Crippen LogP contribution in [0.25, 0.3) is 11.1 Å². The first kappa shape index (κ1) is 10.9. The van der Waals surface area contributed by atoms with Crippen molar-refractivity contribution in [3.05, 3.63) is 60.2 Å². The second-order valence-electron chi connectivity index (χ2n) is 3.48. The summed E-state index contributed by atoms with van der Waals surface area (Å²) in [6.07, 6.45) is 0. The Morgan fingerprint density at radius 2 is 1.88 bits per heavy atom. The highest BCUT2D eigenvalue weighted by molar-refractivity contribution is 7.71. The van der Waals surface area contributed by atoms with Crippen LogP contribution in [-0.2, 0) is 16.5 Å². The molecule has 0 atom stereocenters. The first-order chi connectivity index (χ1) is 7.75. The molecule has 0 aliphatic rings. The number of hydrogen-bond donors (Lipinski definition) is 1. The lowest BCUT2D eigenvalue weighted by atomic mass is 10.0. The van der Waals surface area contributed by atoms with Crippen molar-refractivity contribution in [1.82, 2.24) is 0 Å². The molecule has 0 aromatic heterocycles. The lowest BCUT2D eigenvalue weighted by Crippen LogP contribution is -1.87. The number of rotatable bonds is 3. The van der Waals surface area contributed by atoms with Gasteiger partial charge in [0.15, 0.2) is 0 Å². The van der Waals surface area contributed by atoms with E-state index in [1.165, 1.54) is 0 Å². The molecule has 0 fully saturated rings. The summed E-state index contributed by atoms with van der Waals surface area (Å²) in [5.74, 6) is 0.0969. The Hall–Kier alpha value is -1.61. The van der Waals surface area contributed by atoms with Gasteiger partial charge in [-0.1, -0.05) is 42.5 Å². The second kappa shape index (κ2) is 4.94. The zero-order valence-corrected chi connectivity index (χ0v) is 9.48. The standard InChI is InChI=1S/C13H11O2S/c14-16(15)10-11-5-4-8-13(9-11)12-6-2-1-3-7-12/h1-2,4-9,16H,10H2. The largest absolute Gasteiger partial charge is 0.232 e. The lowest BCUT2D eigenvalue weighted by Gasteiger charge is -2.02. The maximum Gasteiger partial charge on any atom is 0.144 e. The third kappa shape index (κ3) is 2.70. The molecule has 0 bridgehead atoms. The van der Waals surface area contributed by atoms with Crippen LogP contribution < -0.4 is 0 Å². The molecule has 0 saturated heterocycles. The van der Waals surface area contributed by atoms with E-state index in [9.17, 15) is 8.42 Å². The maximum absolute atomic E-state index is 10.6. The third-order valence-electron chi connectivity index (χ3n) is 2.28. The highest BCUT2D eigenvalue weighted by Gasteiger charge is 1.99. The van der Waals surface area contributed by atoms with Crippen molar-refractivity contribution in [3.63, 3.8) is 0 Å². The molecule has 3 heteroatoms. The second-order valence-corrected chi connectivity index (χ2v) is 4.47. The van der Waals surface area contributed by atoms with Crippen LogP contribution in [0.5, 0.6) is 0 Å². The maximum atomic E-state index is 10.6. The fraction of sp³-hybridized carbons (Fsp3) is 0.0769. The molecular formula is C13H11O2S. The Morgan fingerprint density at radius 3 is 2.56 bits per heavy atom. The lowest BCUT2D eigenvalue weighted by molar-refractivity contribution is 0.614. The molecule has 1 radical (unpaired) electrons. The summed E-state index contributed by atoms with van der Waals surface area (Å²) >= 11 is 0. The molecule has 0 heterocycles. The molecule has 2 rings (SSSR count). The molecule has 0 spiro atoms. The minimum Gasteiger partial charge on any atom is -0.232 e. The highest BCUT2D eigenvalue weighted by Crippen LogP contribution is 2.19. The molecule has 0 amide bonds. The van der Waals surface area contributed by atoms with Gasteiger partial charge in [0.2, 0.25) is 0 Å². The summed E-state index contributed by atoms with van der Waals surface area (Å²) in [6, 6.07) is 18.2. The summed E-state index contributed by atoms with van der Waals surface area (Å²) in [4.78, 5) is 0. The van der Waals surface area contributed by atoms with Crippen molar-refractivity contribution in [2.75, 3.05) is 0 Å². The predicted octanol–water partition coefficient (Wildman–Crippen LogP) is 2.27. The summed E-state index contributed by atoms with van der Waals surface area (Å²) in [5, 5.41) is 0. The molecule has 0 saturated carbocycles. The van der Waals surface area contributed by atoms with Gasteiger partial charge in [-0.2, -0.15) is 0 Å². The quantitative estimate of drug-likeness (QED) is 0.822. The molecule has 0 aliphatic heterocycles. The van der Waals surface area contributed by atoms with Crippen LogP contribution in [0.2, 0.25) is 0 Å². The first-order valence-electron chi connectivity index (χ1n) is 4.93. The minimum absolute atomic E-state index is 0.0969. The van der Waals surface area contributed by atoms with Crippen LogP contribution >= 0.6 is 0 Å². The van der Waals surface area contributed by atoms with Gasteiger partial charge >= 0.3 is 0 Å². The number of benzene rings is 2. The van der Waals surface area contributed by atoms with E-state index in [-0.39, 0.29) is 5.75 Å². The molecule has 0 aliphatic carbocycles. The van der Waals surface area contributed by atoms with Gasteiger partial charge in [-0.15, -0.1) is 0 Å². The van der Waals surface area contributed by atoms with Gasteiger partial charge in [0.1, 0.15) is 10.7 Å². The van der Waals surface area contributed by atoms with E-state index in [4.69, 9.17) is 0 Å². The van der Waals surface area contributed by atoms with Crippen LogP contribution in [0.3, 0.4) is 0 Å². The summed E-state index contributed by atoms with van der Waals surface area (Å²) < 4.78 is 21.3. The first-order valence-corrected chi connectivity index (χ1v) is 6.29. The van der Waals surface area contributed by atoms with Crippen LogP contribution in [0.4, 0.5) is 0 Å². The van der Waals surface area contributed by atoms with Crippen LogP contribution in [0, 0.1) is 6.07 Å². The molecule has 16 heavy (non-hydrogen) atoms. The molecule has 0 unspecified atom stereocenters. The topological polar surface area (TPSA) is 34.1 Å². The molecule has 2 aromatic rings. The SMILES string of the molecule is O=[SH](=O)Cc1cccc(-c2c[c]ccc2)c1.